The molecule has 1 saturated heterocycles. The van der Waals surface area contributed by atoms with E-state index in [0.717, 1.165) is 17.1 Å². The van der Waals surface area contributed by atoms with E-state index in [1.807, 2.05) is 44.2 Å². The van der Waals surface area contributed by atoms with Crippen molar-refractivity contribution in [3.05, 3.63) is 53.1 Å². The van der Waals surface area contributed by atoms with Gasteiger partial charge in [-0.3, -0.25) is 9.59 Å². The predicted molar refractivity (Wildman–Crippen MR) is 104 cm³/mol. The van der Waals surface area contributed by atoms with Gasteiger partial charge in [0.2, 0.25) is 11.8 Å². The Kier molecular flexibility index (Phi) is 5.54. The van der Waals surface area contributed by atoms with E-state index < -0.39 is 0 Å². The molecular formula is C21H26N4O2. The van der Waals surface area contributed by atoms with Crippen LogP contribution in [-0.2, 0) is 16.1 Å². The van der Waals surface area contributed by atoms with Crippen molar-refractivity contribution in [2.75, 3.05) is 11.4 Å². The van der Waals surface area contributed by atoms with Gasteiger partial charge < -0.3 is 10.2 Å². The fourth-order valence-corrected chi connectivity index (χ4v) is 3.36. The van der Waals surface area contributed by atoms with Gasteiger partial charge in [-0.05, 0) is 43.5 Å². The number of carbonyl (C=O) groups excluding carboxylic acids is 2. The fourth-order valence-electron chi connectivity index (χ4n) is 3.36. The first kappa shape index (κ1) is 19.0. The van der Waals surface area contributed by atoms with Gasteiger partial charge in [-0.25, -0.2) is 9.97 Å². The second-order valence-corrected chi connectivity index (χ2v) is 7.44. The summed E-state index contributed by atoms with van der Waals surface area (Å²) < 4.78 is 0. The number of nitrogens with zero attached hydrogens (tertiary/aromatic N) is 3. The molecule has 2 heterocycles. The summed E-state index contributed by atoms with van der Waals surface area (Å²) in [6.07, 6.45) is 0.228. The average Bonchev–Trinajstić information content (AvgIpc) is 3.01. The standard InChI is InChI=1S/C21H26N4O2/c1-13(2)16-5-7-18(8-6-16)25-12-17(10-20(25)26)21(27)22-11-19-23-14(3)9-15(4)24-19/h5-9,13,17H,10-12H2,1-4H3,(H,22,27). The zero-order valence-corrected chi connectivity index (χ0v) is 16.3. The lowest BCUT2D eigenvalue weighted by Crippen LogP contribution is -2.33. The number of aromatic nitrogens is 2. The molecule has 1 N–H and O–H groups in total. The van der Waals surface area contributed by atoms with Crippen LogP contribution in [0.4, 0.5) is 5.69 Å². The minimum absolute atomic E-state index is 0.0184. The van der Waals surface area contributed by atoms with E-state index >= 15 is 0 Å². The molecule has 2 aromatic rings. The van der Waals surface area contributed by atoms with Crippen molar-refractivity contribution in [1.82, 2.24) is 15.3 Å². The van der Waals surface area contributed by atoms with Gasteiger partial charge in [0.25, 0.3) is 0 Å². The summed E-state index contributed by atoms with van der Waals surface area (Å²) in [7, 11) is 0. The number of benzene rings is 1. The summed E-state index contributed by atoms with van der Waals surface area (Å²) >= 11 is 0. The molecule has 27 heavy (non-hydrogen) atoms. The number of amides is 2. The van der Waals surface area contributed by atoms with Gasteiger partial charge in [-0.1, -0.05) is 26.0 Å². The molecule has 2 amide bonds. The highest BCUT2D eigenvalue weighted by atomic mass is 16.2. The maximum absolute atomic E-state index is 12.5. The summed E-state index contributed by atoms with van der Waals surface area (Å²) in [6, 6.07) is 9.88. The third kappa shape index (κ3) is 4.51. The van der Waals surface area contributed by atoms with Crippen LogP contribution in [0, 0.1) is 19.8 Å². The topological polar surface area (TPSA) is 75.2 Å². The van der Waals surface area contributed by atoms with Crippen LogP contribution in [0.5, 0.6) is 0 Å². The van der Waals surface area contributed by atoms with E-state index in [0.29, 0.717) is 18.3 Å². The number of rotatable bonds is 5. The van der Waals surface area contributed by atoms with Gasteiger partial charge in [0.05, 0.1) is 12.5 Å². The summed E-state index contributed by atoms with van der Waals surface area (Å²) in [5, 5.41) is 2.87. The molecule has 1 fully saturated rings. The summed E-state index contributed by atoms with van der Waals surface area (Å²) in [5.74, 6) is 0.529. The molecule has 1 aromatic heterocycles. The number of hydrogen-bond acceptors (Lipinski definition) is 4. The number of carbonyl (C=O) groups is 2. The smallest absolute Gasteiger partial charge is 0.227 e. The molecule has 3 rings (SSSR count). The molecule has 0 aliphatic carbocycles. The van der Waals surface area contributed by atoms with Crippen LogP contribution >= 0.6 is 0 Å². The highest BCUT2D eigenvalue weighted by Gasteiger charge is 2.35. The number of hydrogen-bond donors (Lipinski definition) is 1. The van der Waals surface area contributed by atoms with E-state index in [4.69, 9.17) is 0 Å². The molecular weight excluding hydrogens is 340 g/mol. The highest BCUT2D eigenvalue weighted by molar-refractivity contribution is 6.00. The van der Waals surface area contributed by atoms with Crippen molar-refractivity contribution in [2.45, 2.75) is 46.6 Å². The van der Waals surface area contributed by atoms with Gasteiger partial charge in [-0.2, -0.15) is 0 Å². The predicted octanol–water partition coefficient (Wildman–Crippen LogP) is 2.89. The Morgan fingerprint density at radius 1 is 1.19 bits per heavy atom. The largest absolute Gasteiger partial charge is 0.348 e. The quantitative estimate of drug-likeness (QED) is 0.883. The van der Waals surface area contributed by atoms with Gasteiger partial charge in [0, 0.05) is 30.0 Å². The van der Waals surface area contributed by atoms with Crippen LogP contribution in [0.1, 0.15) is 49.0 Å². The molecule has 142 valence electrons. The zero-order valence-electron chi connectivity index (χ0n) is 16.3. The van der Waals surface area contributed by atoms with Crippen molar-refractivity contribution >= 4 is 17.5 Å². The molecule has 0 spiro atoms. The lowest BCUT2D eigenvalue weighted by Gasteiger charge is -2.17. The number of anilines is 1. The molecule has 0 bridgehead atoms. The SMILES string of the molecule is Cc1cc(C)nc(CNC(=O)C2CC(=O)N(c3ccc(C(C)C)cc3)C2)n1. The van der Waals surface area contributed by atoms with Gasteiger partial charge in [-0.15, -0.1) is 0 Å². The molecule has 6 heteroatoms. The molecule has 1 aliphatic heterocycles. The first-order chi connectivity index (χ1) is 12.8. The lowest BCUT2D eigenvalue weighted by molar-refractivity contribution is -0.126. The van der Waals surface area contributed by atoms with Crippen molar-refractivity contribution < 1.29 is 9.59 Å². The first-order valence-electron chi connectivity index (χ1n) is 9.32. The van der Waals surface area contributed by atoms with Crippen LogP contribution in [0.25, 0.3) is 0 Å². The van der Waals surface area contributed by atoms with Crippen LogP contribution in [0.15, 0.2) is 30.3 Å². The third-order valence-electron chi connectivity index (χ3n) is 4.82. The van der Waals surface area contributed by atoms with Crippen molar-refractivity contribution in [3.8, 4) is 0 Å². The average molecular weight is 366 g/mol. The molecule has 1 atom stereocenters. The Morgan fingerprint density at radius 2 is 1.81 bits per heavy atom. The number of aryl methyl sites for hydroxylation is 2. The molecule has 6 nitrogen and oxygen atoms in total. The number of nitrogens with one attached hydrogen (secondary N) is 1. The van der Waals surface area contributed by atoms with Crippen molar-refractivity contribution in [1.29, 1.82) is 0 Å². The minimum atomic E-state index is -0.354. The minimum Gasteiger partial charge on any atom is -0.348 e. The van der Waals surface area contributed by atoms with E-state index in [2.05, 4.69) is 29.1 Å². The second-order valence-electron chi connectivity index (χ2n) is 7.44. The Morgan fingerprint density at radius 3 is 2.41 bits per heavy atom. The molecule has 1 aromatic carbocycles. The van der Waals surface area contributed by atoms with E-state index in [-0.39, 0.29) is 30.7 Å². The molecule has 0 saturated carbocycles. The first-order valence-corrected chi connectivity index (χ1v) is 9.32. The van der Waals surface area contributed by atoms with Gasteiger partial charge >= 0.3 is 0 Å². The van der Waals surface area contributed by atoms with Crippen LogP contribution in [0.2, 0.25) is 0 Å². The monoisotopic (exact) mass is 366 g/mol. The van der Waals surface area contributed by atoms with Crippen molar-refractivity contribution in [2.24, 2.45) is 5.92 Å². The maximum Gasteiger partial charge on any atom is 0.227 e. The molecule has 0 radical (unpaired) electrons. The second kappa shape index (κ2) is 7.86. The molecule has 1 aliphatic rings. The summed E-state index contributed by atoms with van der Waals surface area (Å²) in [6.45, 7) is 8.75. The third-order valence-corrected chi connectivity index (χ3v) is 4.82. The Bertz CT molecular complexity index is 826. The van der Waals surface area contributed by atoms with Crippen LogP contribution in [-0.4, -0.2) is 28.3 Å². The summed E-state index contributed by atoms with van der Waals surface area (Å²) in [5.41, 5.74) is 3.82. The fraction of sp³-hybridized carbons (Fsp3) is 0.429. The van der Waals surface area contributed by atoms with E-state index in [1.165, 1.54) is 5.56 Å². The normalized spacial score (nSPS) is 16.9. The van der Waals surface area contributed by atoms with E-state index in [1.54, 1.807) is 4.90 Å². The summed E-state index contributed by atoms with van der Waals surface area (Å²) in [4.78, 5) is 35.3. The maximum atomic E-state index is 12.5. The highest BCUT2D eigenvalue weighted by Crippen LogP contribution is 2.27. The zero-order chi connectivity index (χ0) is 19.6. The lowest BCUT2D eigenvalue weighted by atomic mass is 10.0. The Balaban J connectivity index is 1.61. The van der Waals surface area contributed by atoms with Gasteiger partial charge in [0.1, 0.15) is 5.82 Å². The Hall–Kier alpha value is -2.76. The van der Waals surface area contributed by atoms with E-state index in [9.17, 15) is 9.59 Å². The Labute approximate surface area is 160 Å². The van der Waals surface area contributed by atoms with Crippen LogP contribution in [0.3, 0.4) is 0 Å². The van der Waals surface area contributed by atoms with Crippen LogP contribution < -0.4 is 10.2 Å². The van der Waals surface area contributed by atoms with Gasteiger partial charge in [0.15, 0.2) is 0 Å². The molecule has 1 unspecified atom stereocenters. The van der Waals surface area contributed by atoms with Crippen molar-refractivity contribution in [3.63, 3.8) is 0 Å².